The van der Waals surface area contributed by atoms with Gasteiger partial charge in [0.15, 0.2) is 5.13 Å². The summed E-state index contributed by atoms with van der Waals surface area (Å²) in [6.45, 7) is 1.18. The second kappa shape index (κ2) is 7.25. The lowest BCUT2D eigenvalue weighted by Gasteiger charge is -2.25. The van der Waals surface area contributed by atoms with E-state index in [0.717, 1.165) is 49.6 Å². The fourth-order valence-corrected chi connectivity index (χ4v) is 6.30. The number of nitrogens with one attached hydrogen (secondary N) is 1. The molecule has 140 valence electrons. The van der Waals surface area contributed by atoms with Gasteiger partial charge in [0.1, 0.15) is 0 Å². The molecule has 26 heavy (non-hydrogen) atoms. The van der Waals surface area contributed by atoms with Crippen LogP contribution in [0.2, 0.25) is 0 Å². The van der Waals surface area contributed by atoms with Gasteiger partial charge in [0, 0.05) is 19.0 Å². The lowest BCUT2D eigenvalue weighted by Crippen LogP contribution is -2.35. The van der Waals surface area contributed by atoms with Crippen molar-refractivity contribution >= 4 is 42.6 Å². The monoisotopic (exact) mass is 393 g/mol. The molecule has 0 atom stereocenters. The maximum Gasteiger partial charge on any atom is 0.243 e. The van der Waals surface area contributed by atoms with Gasteiger partial charge in [-0.1, -0.05) is 30.6 Å². The Kier molecular flexibility index (Phi) is 4.98. The number of rotatable bonds is 4. The zero-order valence-electron chi connectivity index (χ0n) is 14.6. The largest absolute Gasteiger partial charge is 0.302 e. The van der Waals surface area contributed by atoms with Crippen molar-refractivity contribution in [3.63, 3.8) is 0 Å². The highest BCUT2D eigenvalue weighted by Crippen LogP contribution is 2.31. The Balaban J connectivity index is 1.56. The number of carbonyl (C=O) groups excluding carboxylic acids is 1. The van der Waals surface area contributed by atoms with Gasteiger partial charge in [0.2, 0.25) is 15.9 Å². The van der Waals surface area contributed by atoms with Crippen LogP contribution in [0, 0.1) is 5.92 Å². The molecule has 2 aromatic rings. The molecule has 0 unspecified atom stereocenters. The molecule has 1 aromatic heterocycles. The van der Waals surface area contributed by atoms with Gasteiger partial charge in [-0.25, -0.2) is 13.4 Å². The van der Waals surface area contributed by atoms with E-state index < -0.39 is 10.0 Å². The first-order valence-corrected chi connectivity index (χ1v) is 11.5. The molecular formula is C18H23N3O3S2. The fourth-order valence-electron chi connectivity index (χ4n) is 3.77. The molecule has 0 bridgehead atoms. The molecule has 4 rings (SSSR count). The highest BCUT2D eigenvalue weighted by molar-refractivity contribution is 7.89. The lowest BCUT2D eigenvalue weighted by atomic mass is 10.1. The topological polar surface area (TPSA) is 79.4 Å². The molecule has 2 heterocycles. The van der Waals surface area contributed by atoms with E-state index in [1.807, 2.05) is 0 Å². The van der Waals surface area contributed by atoms with Crippen LogP contribution in [0.3, 0.4) is 0 Å². The number of amides is 1. The zero-order valence-corrected chi connectivity index (χ0v) is 16.2. The van der Waals surface area contributed by atoms with Crippen molar-refractivity contribution in [3.8, 4) is 0 Å². The number of sulfonamides is 1. The normalized spacial score (nSPS) is 19.8. The summed E-state index contributed by atoms with van der Waals surface area (Å²) in [5, 5.41) is 3.45. The zero-order chi connectivity index (χ0) is 18.1. The predicted octanol–water partition coefficient (Wildman–Crippen LogP) is 3.60. The number of hydrogen-bond donors (Lipinski definition) is 1. The van der Waals surface area contributed by atoms with Gasteiger partial charge >= 0.3 is 0 Å². The van der Waals surface area contributed by atoms with E-state index in [2.05, 4.69) is 10.3 Å². The van der Waals surface area contributed by atoms with Gasteiger partial charge < -0.3 is 5.32 Å². The first-order valence-electron chi connectivity index (χ1n) is 9.26. The number of aromatic nitrogens is 1. The Hall–Kier alpha value is -1.51. The molecule has 0 radical (unpaired) electrons. The Morgan fingerprint density at radius 3 is 2.58 bits per heavy atom. The maximum absolute atomic E-state index is 12.8. The molecule has 1 aliphatic heterocycles. The molecule has 0 spiro atoms. The van der Waals surface area contributed by atoms with Gasteiger partial charge in [0.05, 0.1) is 15.1 Å². The van der Waals surface area contributed by atoms with Crippen molar-refractivity contribution in [2.45, 2.75) is 49.8 Å². The van der Waals surface area contributed by atoms with Crippen molar-refractivity contribution in [1.29, 1.82) is 0 Å². The van der Waals surface area contributed by atoms with E-state index in [9.17, 15) is 13.2 Å². The summed E-state index contributed by atoms with van der Waals surface area (Å²) < 4.78 is 28.0. The average Bonchev–Trinajstić information content (AvgIpc) is 3.31. The van der Waals surface area contributed by atoms with Gasteiger partial charge in [-0.15, -0.1) is 0 Å². The van der Waals surface area contributed by atoms with E-state index in [1.165, 1.54) is 11.3 Å². The third-order valence-electron chi connectivity index (χ3n) is 5.27. The van der Waals surface area contributed by atoms with E-state index in [0.29, 0.717) is 28.6 Å². The van der Waals surface area contributed by atoms with Crippen molar-refractivity contribution < 1.29 is 13.2 Å². The smallest absolute Gasteiger partial charge is 0.243 e. The van der Waals surface area contributed by atoms with Gasteiger partial charge in [-0.2, -0.15) is 4.31 Å². The summed E-state index contributed by atoms with van der Waals surface area (Å²) in [6.07, 6.45) is 7.01. The SMILES string of the molecule is O=C(Nc1nc2ccc(S(=O)(=O)N3CCCCC3)cc2s1)C1CCCC1. The molecule has 8 heteroatoms. The van der Waals surface area contributed by atoms with Crippen LogP contribution in [0.1, 0.15) is 44.9 Å². The number of nitrogens with zero attached hydrogens (tertiary/aromatic N) is 2. The molecule has 1 saturated heterocycles. The summed E-state index contributed by atoms with van der Waals surface area (Å²) in [4.78, 5) is 17.0. The van der Waals surface area contributed by atoms with Crippen LogP contribution in [0.25, 0.3) is 10.2 Å². The molecule has 1 aromatic carbocycles. The van der Waals surface area contributed by atoms with Crippen LogP contribution < -0.4 is 5.32 Å². The fraction of sp³-hybridized carbons (Fsp3) is 0.556. The second-order valence-electron chi connectivity index (χ2n) is 7.08. The minimum atomic E-state index is -3.46. The van der Waals surface area contributed by atoms with Crippen molar-refractivity contribution in [3.05, 3.63) is 18.2 Å². The Morgan fingerprint density at radius 1 is 1.12 bits per heavy atom. The first-order chi connectivity index (χ1) is 12.5. The highest BCUT2D eigenvalue weighted by Gasteiger charge is 2.27. The number of anilines is 1. The Labute approximate surface area is 157 Å². The summed E-state index contributed by atoms with van der Waals surface area (Å²) in [7, 11) is -3.46. The molecule has 2 fully saturated rings. The summed E-state index contributed by atoms with van der Waals surface area (Å²) in [6, 6.07) is 5.03. The molecule has 6 nitrogen and oxygen atoms in total. The number of thiazole rings is 1. The Morgan fingerprint density at radius 2 is 1.85 bits per heavy atom. The molecule has 1 saturated carbocycles. The lowest BCUT2D eigenvalue weighted by molar-refractivity contribution is -0.119. The van der Waals surface area contributed by atoms with Crippen LogP contribution in [-0.4, -0.2) is 36.7 Å². The predicted molar refractivity (Wildman–Crippen MR) is 103 cm³/mol. The molecule has 1 aliphatic carbocycles. The quantitative estimate of drug-likeness (QED) is 0.861. The third kappa shape index (κ3) is 3.50. The second-order valence-corrected chi connectivity index (χ2v) is 10.1. The van der Waals surface area contributed by atoms with Crippen molar-refractivity contribution in [2.24, 2.45) is 5.92 Å². The van der Waals surface area contributed by atoms with Crippen LogP contribution in [0.15, 0.2) is 23.1 Å². The average molecular weight is 394 g/mol. The Bertz CT molecular complexity index is 911. The number of benzene rings is 1. The summed E-state index contributed by atoms with van der Waals surface area (Å²) >= 11 is 1.34. The minimum Gasteiger partial charge on any atom is -0.302 e. The van der Waals surface area contributed by atoms with Crippen molar-refractivity contribution in [1.82, 2.24) is 9.29 Å². The number of fused-ring (bicyclic) bond motifs is 1. The third-order valence-corrected chi connectivity index (χ3v) is 8.10. The van der Waals surface area contributed by atoms with E-state index in [4.69, 9.17) is 0 Å². The number of hydrogen-bond acceptors (Lipinski definition) is 5. The molecule has 2 aliphatic rings. The van der Waals surface area contributed by atoms with Gasteiger partial charge in [-0.05, 0) is 43.9 Å². The van der Waals surface area contributed by atoms with Crippen LogP contribution in [0.4, 0.5) is 5.13 Å². The van der Waals surface area contributed by atoms with E-state index in [1.54, 1.807) is 22.5 Å². The highest BCUT2D eigenvalue weighted by atomic mass is 32.2. The van der Waals surface area contributed by atoms with Crippen molar-refractivity contribution in [2.75, 3.05) is 18.4 Å². The standard InChI is InChI=1S/C18H23N3O3S2/c22-17(13-6-2-3-7-13)20-18-19-15-9-8-14(12-16(15)25-18)26(23,24)21-10-4-1-5-11-21/h8-9,12-13H,1-7,10-11H2,(H,19,20,22). The molecular weight excluding hydrogens is 370 g/mol. The van der Waals surface area contributed by atoms with Crippen LogP contribution in [0.5, 0.6) is 0 Å². The maximum atomic E-state index is 12.8. The summed E-state index contributed by atoms with van der Waals surface area (Å²) in [5.41, 5.74) is 0.717. The van der Waals surface area contributed by atoms with Gasteiger partial charge in [-0.3, -0.25) is 4.79 Å². The summed E-state index contributed by atoms with van der Waals surface area (Å²) in [5.74, 6) is 0.111. The van der Waals surface area contributed by atoms with E-state index in [-0.39, 0.29) is 11.8 Å². The molecule has 1 amide bonds. The van der Waals surface area contributed by atoms with E-state index >= 15 is 0 Å². The number of piperidine rings is 1. The minimum absolute atomic E-state index is 0.0303. The number of carbonyl (C=O) groups is 1. The van der Waals surface area contributed by atoms with Gasteiger partial charge in [0.25, 0.3) is 0 Å². The van der Waals surface area contributed by atoms with Crippen LogP contribution >= 0.6 is 11.3 Å². The van der Waals surface area contributed by atoms with Crippen LogP contribution in [-0.2, 0) is 14.8 Å². The first kappa shape index (κ1) is 17.9. The molecule has 1 N–H and O–H groups in total.